The standard InChI is InChI=1S/C18H17Cl2NO4/c19-9-11(22)10-21-15-8-17-16(24-5-6-25-17)7-13(15)18(23)12-3-1-2-4-14(12)20/h1-4,7-8,11,21-22H,5-6,9-10H2. The first-order chi connectivity index (χ1) is 12.1. The van der Waals surface area contributed by atoms with Gasteiger partial charge in [-0.3, -0.25) is 4.79 Å². The first-order valence-corrected chi connectivity index (χ1v) is 8.72. The van der Waals surface area contributed by atoms with Gasteiger partial charge in [0.15, 0.2) is 17.3 Å². The van der Waals surface area contributed by atoms with Crippen LogP contribution in [0.25, 0.3) is 0 Å². The minimum atomic E-state index is -0.738. The number of aliphatic hydroxyl groups is 1. The second-order valence-electron chi connectivity index (χ2n) is 5.54. The highest BCUT2D eigenvalue weighted by Crippen LogP contribution is 2.37. The number of ketones is 1. The van der Waals surface area contributed by atoms with Crippen molar-refractivity contribution in [2.75, 3.05) is 31.0 Å². The summed E-state index contributed by atoms with van der Waals surface area (Å²) in [6.07, 6.45) is -0.738. The lowest BCUT2D eigenvalue weighted by Gasteiger charge is -2.22. The molecule has 0 saturated heterocycles. The summed E-state index contributed by atoms with van der Waals surface area (Å²) in [4.78, 5) is 13.0. The molecule has 25 heavy (non-hydrogen) atoms. The summed E-state index contributed by atoms with van der Waals surface area (Å²) >= 11 is 11.8. The Morgan fingerprint density at radius 1 is 1.16 bits per heavy atom. The van der Waals surface area contributed by atoms with Crippen LogP contribution >= 0.6 is 23.2 Å². The average molecular weight is 382 g/mol. The van der Waals surface area contributed by atoms with Crippen molar-refractivity contribution in [3.05, 3.63) is 52.5 Å². The minimum absolute atomic E-state index is 0.0886. The molecule has 1 aliphatic rings. The fourth-order valence-electron chi connectivity index (χ4n) is 2.50. The number of aliphatic hydroxyl groups excluding tert-OH is 1. The molecule has 1 aliphatic heterocycles. The number of alkyl halides is 1. The molecule has 1 heterocycles. The quantitative estimate of drug-likeness (QED) is 0.593. The molecular formula is C18H17Cl2NO4. The summed E-state index contributed by atoms with van der Waals surface area (Å²) in [5.41, 5.74) is 1.30. The van der Waals surface area contributed by atoms with E-state index in [1.165, 1.54) is 0 Å². The molecule has 0 bridgehead atoms. The van der Waals surface area contributed by atoms with Crippen molar-refractivity contribution < 1.29 is 19.4 Å². The summed E-state index contributed by atoms with van der Waals surface area (Å²) < 4.78 is 11.1. The lowest BCUT2D eigenvalue weighted by atomic mass is 10.0. The van der Waals surface area contributed by atoms with Crippen LogP contribution in [0.2, 0.25) is 5.02 Å². The highest BCUT2D eigenvalue weighted by atomic mass is 35.5. The van der Waals surface area contributed by atoms with Gasteiger partial charge in [0.1, 0.15) is 13.2 Å². The summed E-state index contributed by atoms with van der Waals surface area (Å²) in [5, 5.41) is 13.1. The van der Waals surface area contributed by atoms with Crippen LogP contribution in [0, 0.1) is 0 Å². The second kappa shape index (κ2) is 7.95. The normalized spacial score (nSPS) is 14.0. The van der Waals surface area contributed by atoms with Crippen LogP contribution < -0.4 is 14.8 Å². The molecule has 0 aromatic heterocycles. The number of hydrogen-bond donors (Lipinski definition) is 2. The minimum Gasteiger partial charge on any atom is -0.486 e. The van der Waals surface area contributed by atoms with Crippen LogP contribution in [0.15, 0.2) is 36.4 Å². The van der Waals surface area contributed by atoms with Gasteiger partial charge in [0.05, 0.1) is 17.0 Å². The Balaban J connectivity index is 2.00. The van der Waals surface area contributed by atoms with Crippen molar-refractivity contribution >= 4 is 34.7 Å². The van der Waals surface area contributed by atoms with E-state index in [4.69, 9.17) is 32.7 Å². The fraction of sp³-hybridized carbons (Fsp3) is 0.278. The van der Waals surface area contributed by atoms with E-state index in [0.29, 0.717) is 46.5 Å². The molecule has 2 N–H and O–H groups in total. The third-order valence-corrected chi connectivity index (χ3v) is 4.44. The van der Waals surface area contributed by atoms with E-state index < -0.39 is 6.10 Å². The summed E-state index contributed by atoms with van der Waals surface area (Å²) in [6, 6.07) is 10.2. The molecule has 132 valence electrons. The third kappa shape index (κ3) is 4.00. The molecule has 0 spiro atoms. The second-order valence-corrected chi connectivity index (χ2v) is 6.26. The molecule has 7 heteroatoms. The third-order valence-electron chi connectivity index (χ3n) is 3.75. The highest BCUT2D eigenvalue weighted by molar-refractivity contribution is 6.35. The maximum absolute atomic E-state index is 13.0. The molecule has 0 radical (unpaired) electrons. The monoisotopic (exact) mass is 381 g/mol. The zero-order chi connectivity index (χ0) is 17.8. The zero-order valence-electron chi connectivity index (χ0n) is 13.3. The van der Waals surface area contributed by atoms with E-state index >= 15 is 0 Å². The molecule has 2 aromatic rings. The Morgan fingerprint density at radius 2 is 1.84 bits per heavy atom. The van der Waals surface area contributed by atoms with E-state index in [1.54, 1.807) is 36.4 Å². The largest absolute Gasteiger partial charge is 0.486 e. The van der Waals surface area contributed by atoms with Gasteiger partial charge < -0.3 is 19.9 Å². The van der Waals surface area contributed by atoms with E-state index in [2.05, 4.69) is 5.32 Å². The van der Waals surface area contributed by atoms with Gasteiger partial charge in [-0.25, -0.2) is 0 Å². The SMILES string of the molecule is O=C(c1ccccc1Cl)c1cc2c(cc1NCC(O)CCl)OCCO2. The maximum atomic E-state index is 13.0. The Morgan fingerprint density at radius 3 is 2.52 bits per heavy atom. The van der Waals surface area contributed by atoms with Crippen LogP contribution in [0.5, 0.6) is 11.5 Å². The Labute approximate surface area is 155 Å². The van der Waals surface area contributed by atoms with Crippen LogP contribution in [0.3, 0.4) is 0 Å². The lowest BCUT2D eigenvalue weighted by molar-refractivity contribution is 0.103. The molecule has 0 fully saturated rings. The topological polar surface area (TPSA) is 67.8 Å². The van der Waals surface area contributed by atoms with Gasteiger partial charge in [-0.05, 0) is 18.2 Å². The number of carbonyl (C=O) groups excluding carboxylic acids is 1. The number of nitrogens with one attached hydrogen (secondary N) is 1. The van der Waals surface area contributed by atoms with Crippen LogP contribution in [-0.2, 0) is 0 Å². The molecule has 1 unspecified atom stereocenters. The number of anilines is 1. The van der Waals surface area contributed by atoms with Gasteiger partial charge in [0.25, 0.3) is 0 Å². The van der Waals surface area contributed by atoms with Crippen LogP contribution in [-0.4, -0.2) is 42.6 Å². The van der Waals surface area contributed by atoms with Crippen molar-refractivity contribution in [1.29, 1.82) is 0 Å². The van der Waals surface area contributed by atoms with Crippen molar-refractivity contribution in [2.24, 2.45) is 0 Å². The van der Waals surface area contributed by atoms with E-state index in [-0.39, 0.29) is 18.2 Å². The predicted octanol–water partition coefficient (Wildman–Crippen LogP) is 3.35. The number of hydrogen-bond acceptors (Lipinski definition) is 5. The molecule has 0 aliphatic carbocycles. The molecule has 2 aromatic carbocycles. The summed E-state index contributed by atoms with van der Waals surface area (Å²) in [6.45, 7) is 1.06. The van der Waals surface area contributed by atoms with Gasteiger partial charge in [-0.15, -0.1) is 11.6 Å². The zero-order valence-corrected chi connectivity index (χ0v) is 14.8. The number of ether oxygens (including phenoxy) is 2. The van der Waals surface area contributed by atoms with Gasteiger partial charge in [-0.1, -0.05) is 23.7 Å². The van der Waals surface area contributed by atoms with E-state index in [1.807, 2.05) is 0 Å². The average Bonchev–Trinajstić information content (AvgIpc) is 2.65. The Hall–Kier alpha value is -1.95. The molecule has 0 saturated carbocycles. The van der Waals surface area contributed by atoms with E-state index in [0.717, 1.165) is 0 Å². The molecular weight excluding hydrogens is 365 g/mol. The fourth-order valence-corrected chi connectivity index (χ4v) is 2.83. The van der Waals surface area contributed by atoms with Gasteiger partial charge in [0.2, 0.25) is 0 Å². The van der Waals surface area contributed by atoms with Crippen molar-refractivity contribution in [3.8, 4) is 11.5 Å². The van der Waals surface area contributed by atoms with Gasteiger partial charge >= 0.3 is 0 Å². The van der Waals surface area contributed by atoms with Crippen molar-refractivity contribution in [2.45, 2.75) is 6.10 Å². The molecule has 5 nitrogen and oxygen atoms in total. The lowest BCUT2D eigenvalue weighted by Crippen LogP contribution is -2.23. The first kappa shape index (κ1) is 17.9. The number of fused-ring (bicyclic) bond motifs is 1. The maximum Gasteiger partial charge on any atom is 0.196 e. The molecule has 1 atom stereocenters. The Bertz CT molecular complexity index is 782. The number of benzene rings is 2. The van der Waals surface area contributed by atoms with Crippen molar-refractivity contribution in [1.82, 2.24) is 0 Å². The predicted molar refractivity (Wildman–Crippen MR) is 97.5 cm³/mol. The molecule has 3 rings (SSSR count). The summed E-state index contributed by atoms with van der Waals surface area (Å²) in [7, 11) is 0. The van der Waals surface area contributed by atoms with Crippen molar-refractivity contribution in [3.63, 3.8) is 0 Å². The van der Waals surface area contributed by atoms with Crippen LogP contribution in [0.1, 0.15) is 15.9 Å². The van der Waals surface area contributed by atoms with Crippen LogP contribution in [0.4, 0.5) is 5.69 Å². The Kier molecular flexibility index (Phi) is 5.68. The van der Waals surface area contributed by atoms with Gasteiger partial charge in [0, 0.05) is 29.4 Å². The number of rotatable bonds is 6. The number of carbonyl (C=O) groups is 1. The van der Waals surface area contributed by atoms with Gasteiger partial charge in [-0.2, -0.15) is 0 Å². The summed E-state index contributed by atoms with van der Waals surface area (Å²) in [5.74, 6) is 0.895. The highest BCUT2D eigenvalue weighted by Gasteiger charge is 2.22. The first-order valence-electron chi connectivity index (χ1n) is 7.81. The molecule has 0 amide bonds. The number of halogens is 2. The smallest absolute Gasteiger partial charge is 0.196 e. The van der Waals surface area contributed by atoms with E-state index in [9.17, 15) is 9.90 Å².